The van der Waals surface area contributed by atoms with Crippen molar-refractivity contribution in [2.75, 3.05) is 0 Å². The number of hydrogen-bond donors (Lipinski definition) is 1. The van der Waals surface area contributed by atoms with Gasteiger partial charge in [0.05, 0.1) is 0 Å². The highest BCUT2D eigenvalue weighted by Crippen LogP contribution is 2.25. The summed E-state index contributed by atoms with van der Waals surface area (Å²) in [5.74, 6) is -0.333. The minimum absolute atomic E-state index is 0.167. The molecule has 0 amide bonds. The first-order chi connectivity index (χ1) is 8.97. The Kier molecular flexibility index (Phi) is 4.61. The van der Waals surface area contributed by atoms with Crippen molar-refractivity contribution in [1.82, 2.24) is 0 Å². The molecule has 100 valence electrons. The lowest BCUT2D eigenvalue weighted by Gasteiger charge is -2.14. The number of hydrogen-bond acceptors (Lipinski definition) is 1. The Morgan fingerprint density at radius 2 is 2.00 bits per heavy atom. The Labute approximate surface area is 125 Å². The minimum Gasteiger partial charge on any atom is -0.324 e. The molecule has 19 heavy (non-hydrogen) atoms. The molecule has 0 heterocycles. The summed E-state index contributed by atoms with van der Waals surface area (Å²) in [6.45, 7) is 2.02. The molecule has 0 fully saturated rings. The van der Waals surface area contributed by atoms with E-state index in [1.54, 1.807) is 6.07 Å². The first-order valence-electron chi connectivity index (χ1n) is 5.93. The van der Waals surface area contributed by atoms with Gasteiger partial charge in [0, 0.05) is 15.5 Å². The van der Waals surface area contributed by atoms with E-state index in [0.29, 0.717) is 11.4 Å². The Hall–Kier alpha value is -0.900. The lowest BCUT2D eigenvalue weighted by molar-refractivity contribution is 0.625. The second-order valence-corrected chi connectivity index (χ2v) is 5.82. The quantitative estimate of drug-likeness (QED) is 0.852. The van der Waals surface area contributed by atoms with Crippen LogP contribution in [0.25, 0.3) is 0 Å². The lowest BCUT2D eigenvalue weighted by atomic mass is 9.99. The van der Waals surface area contributed by atoms with Gasteiger partial charge in [-0.1, -0.05) is 45.7 Å². The number of aryl methyl sites for hydroxylation is 1. The Bertz CT molecular complexity index is 601. The van der Waals surface area contributed by atoms with Gasteiger partial charge in [0.2, 0.25) is 0 Å². The number of rotatable bonds is 3. The summed E-state index contributed by atoms with van der Waals surface area (Å²) >= 11 is 9.51. The third kappa shape index (κ3) is 3.56. The highest BCUT2D eigenvalue weighted by molar-refractivity contribution is 9.10. The number of nitrogens with two attached hydrogens (primary N) is 1. The van der Waals surface area contributed by atoms with E-state index in [1.165, 1.54) is 12.1 Å². The van der Waals surface area contributed by atoms with E-state index in [-0.39, 0.29) is 11.9 Å². The highest BCUT2D eigenvalue weighted by atomic mass is 79.9. The van der Waals surface area contributed by atoms with Gasteiger partial charge in [0.15, 0.2) is 0 Å². The van der Waals surface area contributed by atoms with Crippen LogP contribution in [-0.4, -0.2) is 0 Å². The van der Waals surface area contributed by atoms with Crippen LogP contribution in [0, 0.1) is 12.7 Å². The first kappa shape index (κ1) is 14.5. The SMILES string of the molecule is Cc1ccc(C(N)Cc2ccc(F)cc2Cl)cc1Br. The zero-order valence-corrected chi connectivity index (χ0v) is 12.8. The molecule has 2 aromatic carbocycles. The normalized spacial score (nSPS) is 12.5. The third-order valence-electron chi connectivity index (χ3n) is 3.08. The van der Waals surface area contributed by atoms with Crippen molar-refractivity contribution in [1.29, 1.82) is 0 Å². The Balaban J connectivity index is 2.20. The van der Waals surface area contributed by atoms with Gasteiger partial charge in [-0.05, 0) is 48.2 Å². The molecular formula is C15H14BrClFN. The van der Waals surface area contributed by atoms with E-state index in [1.807, 2.05) is 25.1 Å². The maximum absolute atomic E-state index is 13.0. The predicted molar refractivity (Wildman–Crippen MR) is 80.9 cm³/mol. The van der Waals surface area contributed by atoms with Crippen LogP contribution >= 0.6 is 27.5 Å². The van der Waals surface area contributed by atoms with Crippen LogP contribution in [0.2, 0.25) is 5.02 Å². The summed E-state index contributed by atoms with van der Waals surface area (Å²) in [5.41, 5.74) is 9.22. The van der Waals surface area contributed by atoms with Crippen molar-refractivity contribution in [2.24, 2.45) is 5.73 Å². The molecule has 1 atom stereocenters. The molecule has 2 aromatic rings. The van der Waals surface area contributed by atoms with Crippen molar-refractivity contribution in [3.8, 4) is 0 Å². The number of benzene rings is 2. The monoisotopic (exact) mass is 341 g/mol. The molecule has 0 aliphatic rings. The van der Waals surface area contributed by atoms with Gasteiger partial charge in [0.25, 0.3) is 0 Å². The molecule has 2 rings (SSSR count). The smallest absolute Gasteiger partial charge is 0.124 e. The first-order valence-corrected chi connectivity index (χ1v) is 7.10. The standard InChI is InChI=1S/C15H14BrClFN/c1-9-2-3-11(6-13(9)16)15(19)7-10-4-5-12(18)8-14(10)17/h2-6,8,15H,7,19H2,1H3. The Morgan fingerprint density at radius 3 is 2.63 bits per heavy atom. The molecule has 0 aromatic heterocycles. The topological polar surface area (TPSA) is 26.0 Å². The van der Waals surface area contributed by atoms with Crippen molar-refractivity contribution in [3.63, 3.8) is 0 Å². The largest absolute Gasteiger partial charge is 0.324 e. The molecule has 0 bridgehead atoms. The average molecular weight is 343 g/mol. The summed E-state index contributed by atoms with van der Waals surface area (Å²) in [7, 11) is 0. The van der Waals surface area contributed by atoms with Gasteiger partial charge in [-0.3, -0.25) is 0 Å². The maximum atomic E-state index is 13.0. The van der Waals surface area contributed by atoms with E-state index < -0.39 is 0 Å². The zero-order valence-electron chi connectivity index (χ0n) is 10.5. The van der Waals surface area contributed by atoms with Crippen molar-refractivity contribution in [2.45, 2.75) is 19.4 Å². The van der Waals surface area contributed by atoms with Gasteiger partial charge >= 0.3 is 0 Å². The molecular weight excluding hydrogens is 329 g/mol. The molecule has 1 nitrogen and oxygen atoms in total. The second-order valence-electron chi connectivity index (χ2n) is 4.55. The van der Waals surface area contributed by atoms with Crippen LogP contribution in [0.5, 0.6) is 0 Å². The van der Waals surface area contributed by atoms with Crippen LogP contribution < -0.4 is 5.73 Å². The van der Waals surface area contributed by atoms with Crippen LogP contribution in [0.1, 0.15) is 22.7 Å². The van der Waals surface area contributed by atoms with Crippen molar-refractivity contribution in [3.05, 3.63) is 68.4 Å². The average Bonchev–Trinajstić information content (AvgIpc) is 2.36. The fraction of sp³-hybridized carbons (Fsp3) is 0.200. The highest BCUT2D eigenvalue weighted by Gasteiger charge is 2.11. The molecule has 0 saturated carbocycles. The molecule has 0 aliphatic carbocycles. The molecule has 1 unspecified atom stereocenters. The Morgan fingerprint density at radius 1 is 1.26 bits per heavy atom. The third-order valence-corrected chi connectivity index (χ3v) is 4.29. The lowest BCUT2D eigenvalue weighted by Crippen LogP contribution is -2.13. The van der Waals surface area contributed by atoms with Crippen molar-refractivity contribution < 1.29 is 4.39 Å². The van der Waals surface area contributed by atoms with E-state index in [4.69, 9.17) is 17.3 Å². The van der Waals surface area contributed by atoms with Crippen LogP contribution in [0.3, 0.4) is 0 Å². The van der Waals surface area contributed by atoms with Gasteiger partial charge < -0.3 is 5.73 Å². The molecule has 0 aliphatic heterocycles. The van der Waals surface area contributed by atoms with Crippen LogP contribution in [-0.2, 0) is 6.42 Å². The van der Waals surface area contributed by atoms with Gasteiger partial charge in [-0.15, -0.1) is 0 Å². The zero-order chi connectivity index (χ0) is 14.0. The summed E-state index contributed by atoms with van der Waals surface area (Å²) in [4.78, 5) is 0. The fourth-order valence-corrected chi connectivity index (χ4v) is 2.52. The van der Waals surface area contributed by atoms with Crippen LogP contribution in [0.15, 0.2) is 40.9 Å². The fourth-order valence-electron chi connectivity index (χ4n) is 1.88. The van der Waals surface area contributed by atoms with Crippen LogP contribution in [0.4, 0.5) is 4.39 Å². The summed E-state index contributed by atoms with van der Waals surface area (Å²) in [6.07, 6.45) is 0.578. The van der Waals surface area contributed by atoms with E-state index in [9.17, 15) is 4.39 Å². The number of halogens is 3. The minimum atomic E-state index is -0.333. The summed E-state index contributed by atoms with van der Waals surface area (Å²) in [6, 6.07) is 10.3. The summed E-state index contributed by atoms with van der Waals surface area (Å²) < 4.78 is 14.0. The van der Waals surface area contributed by atoms with E-state index in [0.717, 1.165) is 21.2 Å². The molecule has 4 heteroatoms. The maximum Gasteiger partial charge on any atom is 0.124 e. The van der Waals surface area contributed by atoms with Gasteiger partial charge in [-0.2, -0.15) is 0 Å². The molecule has 0 saturated heterocycles. The molecule has 0 spiro atoms. The van der Waals surface area contributed by atoms with E-state index >= 15 is 0 Å². The molecule has 0 radical (unpaired) electrons. The van der Waals surface area contributed by atoms with E-state index in [2.05, 4.69) is 15.9 Å². The van der Waals surface area contributed by atoms with Crippen molar-refractivity contribution >= 4 is 27.5 Å². The molecule has 2 N–H and O–H groups in total. The summed E-state index contributed by atoms with van der Waals surface area (Å²) in [5, 5.41) is 0.418. The second kappa shape index (κ2) is 6.04. The van der Waals surface area contributed by atoms with Gasteiger partial charge in [-0.25, -0.2) is 4.39 Å². The van der Waals surface area contributed by atoms with Gasteiger partial charge in [0.1, 0.15) is 5.82 Å². The predicted octanol–water partition coefficient (Wildman–Crippen LogP) is 4.79.